The van der Waals surface area contributed by atoms with Crippen molar-refractivity contribution in [2.75, 3.05) is 4.90 Å². The highest BCUT2D eigenvalue weighted by molar-refractivity contribution is 5.98. The summed E-state index contributed by atoms with van der Waals surface area (Å²) in [4.78, 5) is 2.55. The molecule has 0 aliphatic heterocycles. The van der Waals surface area contributed by atoms with Crippen molar-refractivity contribution in [3.63, 3.8) is 0 Å². The van der Waals surface area contributed by atoms with Gasteiger partial charge in [-0.25, -0.2) is 0 Å². The smallest absolute Gasteiger partial charge is 0.0714 e. The number of hydrogen-bond donors (Lipinski definition) is 0. The molecule has 0 fully saturated rings. The molecule has 1 heteroatoms. The number of anilines is 3. The SMILES string of the molecule is C=Cc1ccc(C2(c3ccc(C=C)cc3)c3ccccc3-c3c(N(c4ccc5c(c4)C(C)(C)c4ccccc4-5)c4ccc5c(c4)C(C)(C)c4ccccc4-5)cccc32)cc1. The first kappa shape index (κ1) is 36.1. The van der Waals surface area contributed by atoms with Crippen molar-refractivity contribution in [1.82, 2.24) is 0 Å². The highest BCUT2D eigenvalue weighted by Gasteiger charge is 2.48. The molecule has 0 spiro atoms. The van der Waals surface area contributed by atoms with Crippen LogP contribution >= 0.6 is 0 Å². The average molecular weight is 770 g/mol. The van der Waals surface area contributed by atoms with Crippen LogP contribution < -0.4 is 4.90 Å². The van der Waals surface area contributed by atoms with Crippen molar-refractivity contribution < 1.29 is 0 Å². The van der Waals surface area contributed by atoms with Gasteiger partial charge in [-0.2, -0.15) is 0 Å². The van der Waals surface area contributed by atoms with Crippen LogP contribution in [0.1, 0.15) is 83.3 Å². The summed E-state index contributed by atoms with van der Waals surface area (Å²) in [5.41, 5.74) is 23.1. The molecule has 0 N–H and O–H groups in total. The molecular formula is C59H47N. The molecule has 0 bridgehead atoms. The van der Waals surface area contributed by atoms with Crippen LogP contribution in [-0.4, -0.2) is 0 Å². The van der Waals surface area contributed by atoms with E-state index in [0.717, 1.165) is 28.2 Å². The summed E-state index contributed by atoms with van der Waals surface area (Å²) in [6.07, 6.45) is 3.85. The van der Waals surface area contributed by atoms with Crippen molar-refractivity contribution in [3.05, 3.63) is 245 Å². The Hall–Kier alpha value is -6.96. The van der Waals surface area contributed by atoms with Crippen LogP contribution in [0.25, 0.3) is 45.5 Å². The highest BCUT2D eigenvalue weighted by atomic mass is 15.1. The summed E-state index contributed by atoms with van der Waals surface area (Å²) in [7, 11) is 0. The van der Waals surface area contributed by atoms with E-state index >= 15 is 0 Å². The van der Waals surface area contributed by atoms with Crippen molar-refractivity contribution >= 4 is 29.2 Å². The van der Waals surface area contributed by atoms with Gasteiger partial charge >= 0.3 is 0 Å². The van der Waals surface area contributed by atoms with E-state index in [1.807, 2.05) is 12.2 Å². The van der Waals surface area contributed by atoms with Gasteiger partial charge in [0.05, 0.1) is 11.1 Å². The Morgan fingerprint density at radius 3 is 1.28 bits per heavy atom. The van der Waals surface area contributed by atoms with Gasteiger partial charge in [-0.1, -0.05) is 199 Å². The second-order valence-electron chi connectivity index (χ2n) is 17.8. The maximum Gasteiger partial charge on any atom is 0.0714 e. The highest BCUT2D eigenvalue weighted by Crippen LogP contribution is 2.61. The monoisotopic (exact) mass is 769 g/mol. The van der Waals surface area contributed by atoms with E-state index in [1.165, 1.54) is 77.9 Å². The quantitative estimate of drug-likeness (QED) is 0.156. The minimum absolute atomic E-state index is 0.148. The zero-order valence-corrected chi connectivity index (χ0v) is 34.8. The molecule has 3 aliphatic carbocycles. The minimum atomic E-state index is -0.573. The first-order chi connectivity index (χ1) is 29.2. The number of rotatable bonds is 7. The van der Waals surface area contributed by atoms with E-state index < -0.39 is 5.41 Å². The molecule has 8 aromatic rings. The third kappa shape index (κ3) is 4.87. The topological polar surface area (TPSA) is 3.24 Å². The van der Waals surface area contributed by atoms with Gasteiger partial charge in [0.25, 0.3) is 0 Å². The van der Waals surface area contributed by atoms with Gasteiger partial charge < -0.3 is 4.90 Å². The Labute approximate surface area is 354 Å². The lowest BCUT2D eigenvalue weighted by Gasteiger charge is -2.35. The van der Waals surface area contributed by atoms with E-state index in [1.54, 1.807) is 0 Å². The largest absolute Gasteiger partial charge is 0.310 e. The molecule has 288 valence electrons. The summed E-state index contributed by atoms with van der Waals surface area (Å²) in [5, 5.41) is 0. The lowest BCUT2D eigenvalue weighted by molar-refractivity contribution is 0.660. The first-order valence-electron chi connectivity index (χ1n) is 21.2. The lowest BCUT2D eigenvalue weighted by atomic mass is 9.67. The van der Waals surface area contributed by atoms with Gasteiger partial charge in [0, 0.05) is 27.8 Å². The van der Waals surface area contributed by atoms with E-state index in [-0.39, 0.29) is 10.8 Å². The predicted molar refractivity (Wildman–Crippen MR) is 254 cm³/mol. The number of hydrogen-bond acceptors (Lipinski definition) is 1. The molecule has 0 heterocycles. The van der Waals surface area contributed by atoms with Gasteiger partial charge in [0.15, 0.2) is 0 Å². The Kier molecular flexibility index (Phi) is 7.84. The lowest BCUT2D eigenvalue weighted by Crippen LogP contribution is -2.28. The van der Waals surface area contributed by atoms with Crippen LogP contribution in [0.2, 0.25) is 0 Å². The van der Waals surface area contributed by atoms with Crippen LogP contribution in [0.5, 0.6) is 0 Å². The van der Waals surface area contributed by atoms with Crippen LogP contribution in [0.3, 0.4) is 0 Å². The maximum atomic E-state index is 4.08. The van der Waals surface area contributed by atoms with Crippen molar-refractivity contribution in [2.45, 2.75) is 43.9 Å². The van der Waals surface area contributed by atoms with Crippen LogP contribution in [0, 0.1) is 0 Å². The number of benzene rings is 8. The summed E-state index contributed by atoms with van der Waals surface area (Å²) in [6, 6.07) is 66.3. The van der Waals surface area contributed by atoms with Crippen LogP contribution in [-0.2, 0) is 16.2 Å². The van der Waals surface area contributed by atoms with Crippen LogP contribution in [0.15, 0.2) is 189 Å². The Morgan fingerprint density at radius 1 is 0.383 bits per heavy atom. The van der Waals surface area contributed by atoms with Gasteiger partial charge in [-0.3, -0.25) is 0 Å². The van der Waals surface area contributed by atoms with Gasteiger partial charge in [0.1, 0.15) is 0 Å². The van der Waals surface area contributed by atoms with Crippen molar-refractivity contribution in [3.8, 4) is 33.4 Å². The summed E-state index contributed by atoms with van der Waals surface area (Å²) < 4.78 is 0. The fraction of sp³-hybridized carbons (Fsp3) is 0.119. The summed E-state index contributed by atoms with van der Waals surface area (Å²) >= 11 is 0. The zero-order valence-electron chi connectivity index (χ0n) is 34.8. The van der Waals surface area contributed by atoms with Crippen molar-refractivity contribution in [1.29, 1.82) is 0 Å². The molecule has 0 saturated carbocycles. The molecule has 1 nitrogen and oxygen atoms in total. The second kappa shape index (κ2) is 13.0. The Morgan fingerprint density at radius 2 is 0.800 bits per heavy atom. The molecule has 60 heavy (non-hydrogen) atoms. The summed E-state index contributed by atoms with van der Waals surface area (Å²) in [5.74, 6) is 0. The molecule has 0 amide bonds. The van der Waals surface area contributed by atoms with Gasteiger partial charge in [-0.15, -0.1) is 0 Å². The Bertz CT molecular complexity index is 2910. The van der Waals surface area contributed by atoms with E-state index in [2.05, 4.69) is 222 Å². The number of fused-ring (bicyclic) bond motifs is 9. The molecule has 0 radical (unpaired) electrons. The molecule has 11 rings (SSSR count). The standard InChI is InChI=1S/C59H47N/c1-7-38-24-28-40(29-25-38)59(41-30-26-39(8-2)27-31-41)51-21-14-11-18-48(51)56-52(59)22-15-23-55(56)60(42-32-34-46-44-16-9-12-19-49(44)57(3,4)53(46)36-42)43-33-35-47-45-17-10-13-20-50(45)58(5,6)54(47)37-43/h7-37H,1-2H2,3-6H3. The van der Waals surface area contributed by atoms with Crippen LogP contribution in [0.4, 0.5) is 17.1 Å². The van der Waals surface area contributed by atoms with E-state index in [9.17, 15) is 0 Å². The molecule has 0 aromatic heterocycles. The molecular weight excluding hydrogens is 723 g/mol. The fourth-order valence-corrected chi connectivity index (χ4v) is 11.1. The van der Waals surface area contributed by atoms with Gasteiger partial charge in [0.2, 0.25) is 0 Å². The van der Waals surface area contributed by atoms with E-state index in [4.69, 9.17) is 0 Å². The molecule has 0 atom stereocenters. The molecule has 0 saturated heterocycles. The number of nitrogens with zero attached hydrogens (tertiary/aromatic N) is 1. The van der Waals surface area contributed by atoms with Gasteiger partial charge in [-0.05, 0) is 114 Å². The molecule has 8 aromatic carbocycles. The first-order valence-corrected chi connectivity index (χ1v) is 21.2. The predicted octanol–water partition coefficient (Wildman–Crippen LogP) is 15.4. The maximum absolute atomic E-state index is 4.08. The third-order valence-electron chi connectivity index (χ3n) is 14.1. The van der Waals surface area contributed by atoms with Crippen molar-refractivity contribution in [2.24, 2.45) is 0 Å². The Balaban J connectivity index is 1.21. The van der Waals surface area contributed by atoms with E-state index in [0.29, 0.717) is 0 Å². The molecule has 3 aliphatic rings. The molecule has 0 unspecified atom stereocenters. The second-order valence-corrected chi connectivity index (χ2v) is 17.8. The zero-order chi connectivity index (χ0) is 41.0. The minimum Gasteiger partial charge on any atom is -0.310 e. The average Bonchev–Trinajstić information content (AvgIpc) is 3.82. The fourth-order valence-electron chi connectivity index (χ4n) is 11.1. The summed E-state index contributed by atoms with van der Waals surface area (Å²) in [6.45, 7) is 17.7. The normalized spacial score (nSPS) is 15.2. The third-order valence-corrected chi connectivity index (χ3v) is 14.1.